The van der Waals surface area contributed by atoms with E-state index in [1.54, 1.807) is 54.6 Å². The Labute approximate surface area is 201 Å². The Bertz CT molecular complexity index is 1120. The first-order chi connectivity index (χ1) is 15.0. The normalized spacial score (nSPS) is 10.7. The minimum absolute atomic E-state index is 0.314. The first kappa shape index (κ1) is 23.0. The fraction of sp³-hybridized carbons (Fsp3) is 0.0870. The third-order valence-electron chi connectivity index (χ3n) is 4.06. The van der Waals surface area contributed by atoms with E-state index in [1.165, 1.54) is 6.21 Å². The third-order valence-corrected chi connectivity index (χ3v) is 5.50. The maximum atomic E-state index is 12.5. The number of benzene rings is 3. The van der Waals surface area contributed by atoms with Crippen LogP contribution in [0.2, 0.25) is 0 Å². The molecule has 0 fully saturated rings. The van der Waals surface area contributed by atoms with Crippen LogP contribution in [0.25, 0.3) is 0 Å². The minimum atomic E-state index is -0.511. The summed E-state index contributed by atoms with van der Waals surface area (Å²) in [6, 6.07) is 19.0. The number of halogens is 2. The van der Waals surface area contributed by atoms with E-state index in [1.807, 2.05) is 19.1 Å². The van der Waals surface area contributed by atoms with Gasteiger partial charge < -0.3 is 9.47 Å². The van der Waals surface area contributed by atoms with Crippen molar-refractivity contribution < 1.29 is 19.1 Å². The van der Waals surface area contributed by atoms with Gasteiger partial charge in [0.05, 0.1) is 23.9 Å². The number of carbonyl (C=O) groups excluding carboxylic acids is 2. The molecule has 0 bridgehead atoms. The quantitative estimate of drug-likeness (QED) is 0.130. The first-order valence-electron chi connectivity index (χ1n) is 9.30. The number of nitrogens with one attached hydrogen (secondary N) is 1. The molecule has 0 radical (unpaired) electrons. The van der Waals surface area contributed by atoms with Gasteiger partial charge >= 0.3 is 5.97 Å². The summed E-state index contributed by atoms with van der Waals surface area (Å²) in [5.41, 5.74) is 3.93. The molecule has 3 aromatic carbocycles. The van der Waals surface area contributed by atoms with Gasteiger partial charge in [-0.25, -0.2) is 10.2 Å². The van der Waals surface area contributed by atoms with E-state index in [2.05, 4.69) is 49.0 Å². The smallest absolute Gasteiger partial charge is 0.343 e. The summed E-state index contributed by atoms with van der Waals surface area (Å²) in [4.78, 5) is 24.8. The Morgan fingerprint density at radius 3 is 2.55 bits per heavy atom. The van der Waals surface area contributed by atoms with Crippen molar-refractivity contribution in [3.05, 3.63) is 91.5 Å². The van der Waals surface area contributed by atoms with Crippen LogP contribution in [0, 0.1) is 3.57 Å². The highest BCUT2D eigenvalue weighted by atomic mass is 127. The van der Waals surface area contributed by atoms with Crippen LogP contribution in [0.1, 0.15) is 33.2 Å². The van der Waals surface area contributed by atoms with Crippen LogP contribution in [0.5, 0.6) is 11.5 Å². The van der Waals surface area contributed by atoms with E-state index in [-0.39, 0.29) is 5.91 Å². The van der Waals surface area contributed by atoms with E-state index < -0.39 is 5.97 Å². The van der Waals surface area contributed by atoms with Crippen molar-refractivity contribution in [2.45, 2.75) is 6.92 Å². The lowest BCUT2D eigenvalue weighted by Gasteiger charge is -2.09. The van der Waals surface area contributed by atoms with Crippen LogP contribution in [-0.4, -0.2) is 24.7 Å². The SMILES string of the molecule is CCOc1ccc(C(=O)Oc2ccc(Br)cc2/C=N/NC(=O)c2ccccc2I)cc1. The molecule has 1 amide bonds. The van der Waals surface area contributed by atoms with Crippen molar-refractivity contribution in [3.8, 4) is 11.5 Å². The van der Waals surface area contributed by atoms with Crippen LogP contribution >= 0.6 is 38.5 Å². The molecule has 0 atom stereocenters. The van der Waals surface area contributed by atoms with E-state index >= 15 is 0 Å². The highest BCUT2D eigenvalue weighted by molar-refractivity contribution is 14.1. The summed E-state index contributed by atoms with van der Waals surface area (Å²) in [7, 11) is 0. The van der Waals surface area contributed by atoms with Crippen LogP contribution in [-0.2, 0) is 0 Å². The molecule has 3 aromatic rings. The van der Waals surface area contributed by atoms with Crippen LogP contribution in [0.15, 0.2) is 76.3 Å². The Kier molecular flexibility index (Phi) is 8.19. The summed E-state index contributed by atoms with van der Waals surface area (Å²) < 4.78 is 12.5. The molecular formula is C23H18BrIN2O4. The second-order valence-corrected chi connectivity index (χ2v) is 8.29. The Balaban J connectivity index is 1.72. The number of esters is 1. The number of hydrogen-bond acceptors (Lipinski definition) is 5. The Hall–Kier alpha value is -2.72. The van der Waals surface area contributed by atoms with Gasteiger partial charge in [0.15, 0.2) is 0 Å². The maximum absolute atomic E-state index is 12.5. The van der Waals surface area contributed by atoms with Crippen molar-refractivity contribution in [3.63, 3.8) is 0 Å². The molecule has 0 aliphatic rings. The van der Waals surface area contributed by atoms with Gasteiger partial charge in [-0.05, 0) is 84.1 Å². The predicted octanol–water partition coefficient (Wildman–Crippen LogP) is 5.44. The third kappa shape index (κ3) is 6.38. The van der Waals surface area contributed by atoms with Gasteiger partial charge in [-0.2, -0.15) is 5.10 Å². The van der Waals surface area contributed by atoms with Crippen LogP contribution in [0.3, 0.4) is 0 Å². The van der Waals surface area contributed by atoms with Crippen LogP contribution in [0.4, 0.5) is 0 Å². The maximum Gasteiger partial charge on any atom is 0.343 e. The average Bonchev–Trinajstić information content (AvgIpc) is 2.76. The molecule has 0 aliphatic carbocycles. The van der Waals surface area contributed by atoms with Gasteiger partial charge in [-0.15, -0.1) is 0 Å². The molecule has 0 saturated heterocycles. The zero-order valence-corrected chi connectivity index (χ0v) is 20.2. The lowest BCUT2D eigenvalue weighted by molar-refractivity contribution is 0.0734. The molecular weight excluding hydrogens is 575 g/mol. The van der Waals surface area contributed by atoms with Gasteiger partial charge in [0.1, 0.15) is 11.5 Å². The Morgan fingerprint density at radius 2 is 1.84 bits per heavy atom. The second-order valence-electron chi connectivity index (χ2n) is 6.21. The second kappa shape index (κ2) is 11.1. The zero-order valence-electron chi connectivity index (χ0n) is 16.5. The number of nitrogens with zero attached hydrogens (tertiary/aromatic N) is 1. The number of hydrazone groups is 1. The molecule has 8 heteroatoms. The zero-order chi connectivity index (χ0) is 22.2. The lowest BCUT2D eigenvalue weighted by atomic mass is 10.2. The van der Waals surface area contributed by atoms with Crippen molar-refractivity contribution in [1.82, 2.24) is 5.43 Å². The van der Waals surface area contributed by atoms with Gasteiger partial charge in [-0.3, -0.25) is 4.79 Å². The fourth-order valence-electron chi connectivity index (χ4n) is 2.59. The molecule has 31 heavy (non-hydrogen) atoms. The summed E-state index contributed by atoms with van der Waals surface area (Å²) >= 11 is 5.48. The lowest BCUT2D eigenvalue weighted by Crippen LogP contribution is -2.18. The topological polar surface area (TPSA) is 77.0 Å². The van der Waals surface area contributed by atoms with E-state index in [9.17, 15) is 9.59 Å². The minimum Gasteiger partial charge on any atom is -0.494 e. The predicted molar refractivity (Wildman–Crippen MR) is 131 cm³/mol. The monoisotopic (exact) mass is 592 g/mol. The molecule has 0 aromatic heterocycles. The summed E-state index contributed by atoms with van der Waals surface area (Å²) in [6.45, 7) is 2.44. The molecule has 158 valence electrons. The molecule has 0 spiro atoms. The van der Waals surface area contributed by atoms with E-state index in [0.717, 1.165) is 8.04 Å². The number of carbonyl (C=O) groups is 2. The first-order valence-corrected chi connectivity index (χ1v) is 11.2. The number of ether oxygens (including phenoxy) is 2. The highest BCUT2D eigenvalue weighted by Crippen LogP contribution is 2.23. The van der Waals surface area contributed by atoms with Crippen molar-refractivity contribution in [1.29, 1.82) is 0 Å². The standard InChI is InChI=1S/C23H18BrIN2O4/c1-2-30-18-10-7-15(8-11-18)23(29)31-21-12-9-17(24)13-16(21)14-26-27-22(28)19-5-3-4-6-20(19)25/h3-14H,2H2,1H3,(H,27,28)/b26-14+. The van der Waals surface area contributed by atoms with Gasteiger partial charge in [-0.1, -0.05) is 28.1 Å². The summed E-state index contributed by atoms with van der Waals surface area (Å²) in [6.07, 6.45) is 1.43. The van der Waals surface area contributed by atoms with Crippen molar-refractivity contribution in [2.24, 2.45) is 5.10 Å². The summed E-state index contributed by atoms with van der Waals surface area (Å²) in [5, 5.41) is 4.02. The summed E-state index contributed by atoms with van der Waals surface area (Å²) in [5.74, 6) is 0.154. The molecule has 0 aliphatic heterocycles. The van der Waals surface area contributed by atoms with Crippen LogP contribution < -0.4 is 14.9 Å². The molecule has 0 unspecified atom stereocenters. The highest BCUT2D eigenvalue weighted by Gasteiger charge is 2.12. The van der Waals surface area contributed by atoms with E-state index in [4.69, 9.17) is 9.47 Å². The van der Waals surface area contributed by atoms with Crippen molar-refractivity contribution >= 4 is 56.6 Å². The molecule has 0 heterocycles. The number of amides is 1. The molecule has 6 nitrogen and oxygen atoms in total. The molecule has 1 N–H and O–H groups in total. The molecule has 0 saturated carbocycles. The fourth-order valence-corrected chi connectivity index (χ4v) is 3.60. The van der Waals surface area contributed by atoms with E-state index in [0.29, 0.717) is 34.8 Å². The number of rotatable bonds is 7. The Morgan fingerprint density at radius 1 is 1.10 bits per heavy atom. The largest absolute Gasteiger partial charge is 0.494 e. The molecule has 3 rings (SSSR count). The van der Waals surface area contributed by atoms with Crippen molar-refractivity contribution in [2.75, 3.05) is 6.61 Å². The number of hydrogen-bond donors (Lipinski definition) is 1. The average molecular weight is 593 g/mol. The van der Waals surface area contributed by atoms with Gasteiger partial charge in [0.2, 0.25) is 0 Å². The van der Waals surface area contributed by atoms with Gasteiger partial charge in [0.25, 0.3) is 5.91 Å². The van der Waals surface area contributed by atoms with Gasteiger partial charge in [0, 0.05) is 13.6 Å².